The number of hydrogen-bond donors (Lipinski definition) is 1. The number of nitrogens with zero attached hydrogens (tertiary/aromatic N) is 4. The lowest BCUT2D eigenvalue weighted by atomic mass is 9.97. The van der Waals surface area contributed by atoms with E-state index in [0.29, 0.717) is 18.0 Å². The molecule has 6 heteroatoms. The molecule has 1 amide bonds. The van der Waals surface area contributed by atoms with Crippen molar-refractivity contribution in [2.45, 2.75) is 71.0 Å². The first-order valence-corrected chi connectivity index (χ1v) is 11.8. The molecule has 1 aliphatic carbocycles. The Hall–Kier alpha value is -2.47. The number of carbonyl (C=O) groups excluding carboxylic acids is 1. The van der Waals surface area contributed by atoms with Gasteiger partial charge in [-0.3, -0.25) is 19.7 Å². The quantitative estimate of drug-likeness (QED) is 0.649. The lowest BCUT2D eigenvalue weighted by molar-refractivity contribution is -0.137. The Bertz CT molecular complexity index is 850. The Balaban J connectivity index is 1.37. The van der Waals surface area contributed by atoms with E-state index in [4.69, 9.17) is 10.7 Å². The number of aromatic nitrogens is 2. The highest BCUT2D eigenvalue weighted by atomic mass is 16.2. The summed E-state index contributed by atoms with van der Waals surface area (Å²) in [4.78, 5) is 26.8. The third-order valence-corrected chi connectivity index (χ3v) is 6.85. The van der Waals surface area contributed by atoms with E-state index >= 15 is 0 Å². The van der Waals surface area contributed by atoms with Crippen LogP contribution in [0.5, 0.6) is 0 Å². The van der Waals surface area contributed by atoms with E-state index in [2.05, 4.69) is 28.6 Å². The van der Waals surface area contributed by atoms with E-state index < -0.39 is 0 Å². The maximum atomic E-state index is 12.7. The summed E-state index contributed by atoms with van der Waals surface area (Å²) in [5.74, 6) is 0.538. The van der Waals surface area contributed by atoms with Gasteiger partial charge in [-0.1, -0.05) is 26.0 Å². The molecule has 6 nitrogen and oxygen atoms in total. The summed E-state index contributed by atoms with van der Waals surface area (Å²) in [6.07, 6.45) is 10.3. The molecule has 31 heavy (non-hydrogen) atoms. The normalized spacial score (nSPS) is 17.5. The maximum Gasteiger partial charge on any atom is 0.225 e. The number of hydrogen-bond acceptors (Lipinski definition) is 5. The molecule has 0 radical (unpaired) electrons. The minimum absolute atomic E-state index is 0.186. The molecule has 4 rings (SSSR count). The second-order valence-corrected chi connectivity index (χ2v) is 8.99. The first-order chi connectivity index (χ1) is 15.1. The molecule has 0 bridgehead atoms. The number of anilines is 1. The van der Waals surface area contributed by atoms with Gasteiger partial charge in [-0.2, -0.15) is 0 Å². The highest BCUT2D eigenvalue weighted by Gasteiger charge is 2.36. The molecule has 0 spiro atoms. The van der Waals surface area contributed by atoms with E-state index in [0.717, 1.165) is 68.0 Å². The number of piperidine rings is 1. The average molecular weight is 422 g/mol. The van der Waals surface area contributed by atoms with Crippen molar-refractivity contribution in [2.75, 3.05) is 18.8 Å². The molecule has 2 fully saturated rings. The molecule has 0 atom stereocenters. The van der Waals surface area contributed by atoms with E-state index in [1.165, 1.54) is 12.8 Å². The molecule has 166 valence electrons. The summed E-state index contributed by atoms with van der Waals surface area (Å²) in [7, 11) is 0. The van der Waals surface area contributed by atoms with E-state index in [-0.39, 0.29) is 5.92 Å². The topological polar surface area (TPSA) is 75.4 Å². The number of amides is 1. The van der Waals surface area contributed by atoms with Crippen molar-refractivity contribution in [3.8, 4) is 11.3 Å². The Morgan fingerprint density at radius 3 is 2.23 bits per heavy atom. The van der Waals surface area contributed by atoms with Crippen LogP contribution in [0.15, 0.2) is 36.7 Å². The number of rotatable bonds is 8. The van der Waals surface area contributed by atoms with Crippen LogP contribution in [0.1, 0.15) is 58.1 Å². The van der Waals surface area contributed by atoms with Crippen LogP contribution in [-0.2, 0) is 11.3 Å². The predicted molar refractivity (Wildman–Crippen MR) is 124 cm³/mol. The number of carbonyl (C=O) groups is 1. The highest BCUT2D eigenvalue weighted by Crippen LogP contribution is 2.33. The molecule has 1 saturated carbocycles. The van der Waals surface area contributed by atoms with Crippen LogP contribution in [0.25, 0.3) is 11.3 Å². The van der Waals surface area contributed by atoms with Gasteiger partial charge in [0, 0.05) is 48.9 Å². The zero-order valence-corrected chi connectivity index (χ0v) is 18.8. The second-order valence-electron chi connectivity index (χ2n) is 8.99. The largest absolute Gasteiger partial charge is 0.399 e. The van der Waals surface area contributed by atoms with Crippen molar-refractivity contribution in [3.05, 3.63) is 42.4 Å². The predicted octanol–water partition coefficient (Wildman–Crippen LogP) is 4.12. The van der Waals surface area contributed by atoms with Gasteiger partial charge >= 0.3 is 0 Å². The standard InChI is InChI=1S/C25H35N5O/c1-3-18(4-2)25(31)29-13-11-23(12-14-29)30(22-9-10-22)17-21-15-28-24(16-27-21)19-5-7-20(26)8-6-19/h5-8,15-16,18,22-23H,3-4,9-14,17,26H2,1-2H3. The SMILES string of the molecule is CCC(CC)C(=O)N1CCC(N(Cc2cnc(-c3ccc(N)cc3)cn2)C2CC2)CC1. The number of benzene rings is 1. The summed E-state index contributed by atoms with van der Waals surface area (Å²) < 4.78 is 0. The van der Waals surface area contributed by atoms with Gasteiger partial charge in [-0.15, -0.1) is 0 Å². The van der Waals surface area contributed by atoms with Gasteiger partial charge in [0.25, 0.3) is 0 Å². The first kappa shape index (κ1) is 21.8. The smallest absolute Gasteiger partial charge is 0.225 e. The molecule has 2 aliphatic rings. The van der Waals surface area contributed by atoms with Crippen LogP contribution in [0.3, 0.4) is 0 Å². The fraction of sp³-hybridized carbons (Fsp3) is 0.560. The zero-order valence-electron chi connectivity index (χ0n) is 18.8. The minimum Gasteiger partial charge on any atom is -0.399 e. The minimum atomic E-state index is 0.186. The Morgan fingerprint density at radius 2 is 1.68 bits per heavy atom. The highest BCUT2D eigenvalue weighted by molar-refractivity contribution is 5.78. The number of nitrogens with two attached hydrogens (primary N) is 1. The molecule has 1 saturated heterocycles. The Labute approximate surface area is 185 Å². The first-order valence-electron chi connectivity index (χ1n) is 11.8. The van der Waals surface area contributed by atoms with Gasteiger partial charge in [0.15, 0.2) is 0 Å². The van der Waals surface area contributed by atoms with Gasteiger partial charge in [0.1, 0.15) is 0 Å². The van der Waals surface area contributed by atoms with E-state index in [9.17, 15) is 4.79 Å². The second kappa shape index (κ2) is 9.77. The summed E-state index contributed by atoms with van der Waals surface area (Å²) >= 11 is 0. The van der Waals surface area contributed by atoms with Crippen LogP contribution in [0.2, 0.25) is 0 Å². The van der Waals surface area contributed by atoms with Crippen LogP contribution < -0.4 is 5.73 Å². The molecule has 2 N–H and O–H groups in total. The Kier molecular flexibility index (Phi) is 6.86. The van der Waals surface area contributed by atoms with Crippen molar-refractivity contribution in [1.29, 1.82) is 0 Å². The van der Waals surface area contributed by atoms with Crippen molar-refractivity contribution in [3.63, 3.8) is 0 Å². The Morgan fingerprint density at radius 1 is 1.03 bits per heavy atom. The van der Waals surface area contributed by atoms with Gasteiger partial charge in [0.05, 0.1) is 23.8 Å². The molecular formula is C25H35N5O. The number of nitrogen functional groups attached to an aromatic ring is 1. The van der Waals surface area contributed by atoms with Gasteiger partial charge in [-0.05, 0) is 50.7 Å². The van der Waals surface area contributed by atoms with Crippen LogP contribution in [0, 0.1) is 5.92 Å². The van der Waals surface area contributed by atoms with E-state index in [1.54, 1.807) is 0 Å². The lowest BCUT2D eigenvalue weighted by Crippen LogP contribution is -2.48. The van der Waals surface area contributed by atoms with Crippen molar-refractivity contribution in [1.82, 2.24) is 19.8 Å². The lowest BCUT2D eigenvalue weighted by Gasteiger charge is -2.39. The molecule has 1 aromatic carbocycles. The van der Waals surface area contributed by atoms with Crippen molar-refractivity contribution < 1.29 is 4.79 Å². The van der Waals surface area contributed by atoms with E-state index in [1.807, 2.05) is 36.7 Å². The molecule has 1 aliphatic heterocycles. The monoisotopic (exact) mass is 421 g/mol. The average Bonchev–Trinajstić information content (AvgIpc) is 3.65. The van der Waals surface area contributed by atoms with Gasteiger partial charge < -0.3 is 10.6 Å². The molecular weight excluding hydrogens is 386 g/mol. The number of likely N-dealkylation sites (tertiary alicyclic amines) is 1. The fourth-order valence-electron chi connectivity index (χ4n) is 4.70. The summed E-state index contributed by atoms with van der Waals surface area (Å²) in [5, 5.41) is 0. The fourth-order valence-corrected chi connectivity index (χ4v) is 4.70. The molecule has 0 unspecified atom stereocenters. The zero-order chi connectivity index (χ0) is 21.8. The van der Waals surface area contributed by atoms with Crippen LogP contribution in [-0.4, -0.2) is 50.8 Å². The maximum absolute atomic E-state index is 12.7. The summed E-state index contributed by atoms with van der Waals surface area (Å²) in [5.41, 5.74) is 9.45. The van der Waals surface area contributed by atoms with Gasteiger partial charge in [-0.25, -0.2) is 0 Å². The summed E-state index contributed by atoms with van der Waals surface area (Å²) in [6.45, 7) is 6.83. The summed E-state index contributed by atoms with van der Waals surface area (Å²) in [6, 6.07) is 8.92. The van der Waals surface area contributed by atoms with Crippen LogP contribution >= 0.6 is 0 Å². The third kappa shape index (κ3) is 5.24. The third-order valence-electron chi connectivity index (χ3n) is 6.85. The molecule has 2 heterocycles. The van der Waals surface area contributed by atoms with Crippen molar-refractivity contribution >= 4 is 11.6 Å². The van der Waals surface area contributed by atoms with Crippen LogP contribution in [0.4, 0.5) is 5.69 Å². The van der Waals surface area contributed by atoms with Crippen molar-refractivity contribution in [2.24, 2.45) is 5.92 Å². The van der Waals surface area contributed by atoms with Gasteiger partial charge in [0.2, 0.25) is 5.91 Å². The molecule has 1 aromatic heterocycles. The molecule has 2 aromatic rings.